The van der Waals surface area contributed by atoms with Crippen LogP contribution < -0.4 is 19.6 Å². The van der Waals surface area contributed by atoms with E-state index in [4.69, 9.17) is 37.6 Å². The lowest BCUT2D eigenvalue weighted by atomic mass is 9.99. The van der Waals surface area contributed by atoms with Crippen LogP contribution in [-0.4, -0.2) is 174 Å². The normalized spacial score (nSPS) is 34.8. The monoisotopic (exact) mass is 786 g/mol. The van der Waals surface area contributed by atoms with Crippen LogP contribution in [0.3, 0.4) is 0 Å². The van der Waals surface area contributed by atoms with Gasteiger partial charge in [-0.25, -0.2) is 0 Å². The number of ether oxygens (including phenoxy) is 7. The number of aliphatic hydroxyl groups is 10. The summed E-state index contributed by atoms with van der Waals surface area (Å²) in [4.78, 5) is 14.1. The van der Waals surface area contributed by atoms with E-state index in [1.165, 1.54) is 32.2 Å². The first-order valence-electron chi connectivity index (χ1n) is 16.9. The summed E-state index contributed by atoms with van der Waals surface area (Å²) in [5.41, 5.74) is -1.32. The summed E-state index contributed by atoms with van der Waals surface area (Å²) in [5.74, 6) is -2.37. The van der Waals surface area contributed by atoms with Crippen molar-refractivity contribution >= 4 is 11.0 Å². The van der Waals surface area contributed by atoms with Gasteiger partial charge in [-0.15, -0.1) is 0 Å². The first-order valence-corrected chi connectivity index (χ1v) is 16.9. The smallest absolute Gasteiger partial charge is 0.239 e. The molecule has 4 heterocycles. The largest absolute Gasteiger partial charge is 0.507 e. The lowest BCUT2D eigenvalue weighted by molar-refractivity contribution is -0.306. The third kappa shape index (κ3) is 7.77. The van der Waals surface area contributed by atoms with Gasteiger partial charge in [0.2, 0.25) is 23.8 Å². The molecule has 3 aromatic rings. The highest BCUT2D eigenvalue weighted by atomic mass is 16.7. The van der Waals surface area contributed by atoms with Crippen molar-refractivity contribution in [1.82, 2.24) is 0 Å². The fourth-order valence-corrected chi connectivity index (χ4v) is 6.44. The number of benzene rings is 2. The number of phenols is 2. The zero-order valence-corrected chi connectivity index (χ0v) is 29.0. The highest BCUT2D eigenvalue weighted by molar-refractivity contribution is 5.88. The topological polar surface area (TPSA) is 338 Å². The van der Waals surface area contributed by atoms with Gasteiger partial charge in [0.25, 0.3) is 0 Å². The Bertz CT molecular complexity index is 1870. The van der Waals surface area contributed by atoms with Crippen LogP contribution in [0.25, 0.3) is 22.3 Å². The van der Waals surface area contributed by atoms with Crippen molar-refractivity contribution in [3.05, 3.63) is 40.6 Å². The molecule has 3 fully saturated rings. The van der Waals surface area contributed by atoms with E-state index in [-0.39, 0.29) is 34.2 Å². The minimum atomic E-state index is -1.94. The zero-order chi connectivity index (χ0) is 40.0. The van der Waals surface area contributed by atoms with Crippen LogP contribution in [0.2, 0.25) is 0 Å². The molecule has 0 radical (unpaired) electrons. The maximum absolute atomic E-state index is 14.1. The molecule has 0 spiro atoms. The second kappa shape index (κ2) is 16.3. The van der Waals surface area contributed by atoms with E-state index in [1.54, 1.807) is 0 Å². The summed E-state index contributed by atoms with van der Waals surface area (Å²) < 4.78 is 44.2. The molecular formula is C34H42O21. The van der Waals surface area contributed by atoms with E-state index in [9.17, 15) is 66.1 Å². The van der Waals surface area contributed by atoms with Gasteiger partial charge in [-0.1, -0.05) is 0 Å². The SMILES string of the molecule is COc1cc(-c2oc3cc(O[C@H]4O[C@@H]([C@H](C)O)[C@H](O)[C@@H]4O)cc(O)c3c(=O)c2O[C@@H]2O[C@@H]([C@H](O)CO[C@@H]3O[C@H](CO)[C@@H](O)[C@H](O)[C@H]3O)[C@@H](O)[C@@H]2O)ccc1O. The van der Waals surface area contributed by atoms with Crippen LogP contribution in [0.1, 0.15) is 6.92 Å². The highest BCUT2D eigenvalue weighted by Gasteiger charge is 2.50. The Labute approximate surface area is 309 Å². The number of aliphatic hydroxyl groups excluding tert-OH is 10. The van der Waals surface area contributed by atoms with Crippen molar-refractivity contribution in [3.8, 4) is 40.1 Å². The standard InChI is InChI=1S/C34H42O21/c1-10(36)28-23(43)26(46)33(53-28)50-12-6-14(38)19-17(7-12)51-29(11-3-4-13(37)16(5-11)48-2)31(21(19)41)55-34-27(47)24(44)30(54-34)15(39)9-49-32-25(45)22(42)20(40)18(8-35)52-32/h3-7,10,15,18,20,22-28,30,32-40,42-47H,8-9H2,1-2H3/t10-,15+,18+,20+,22-,23+,24-,25+,26-,27-,28-,30-,32+,33-,34-/m0/s1. The van der Waals surface area contributed by atoms with Gasteiger partial charge >= 0.3 is 0 Å². The summed E-state index contributed by atoms with van der Waals surface area (Å²) in [6.07, 6.45) is -24.4. The summed E-state index contributed by atoms with van der Waals surface area (Å²) >= 11 is 0. The molecule has 21 heteroatoms. The number of phenolic OH excluding ortho intramolecular Hbond substituents is 2. The second-order valence-electron chi connectivity index (χ2n) is 13.3. The number of hydrogen-bond acceptors (Lipinski definition) is 21. The van der Waals surface area contributed by atoms with Crippen LogP contribution in [0, 0.1) is 0 Å². The number of methoxy groups -OCH3 is 1. The molecule has 3 aliphatic rings. The minimum Gasteiger partial charge on any atom is -0.507 e. The van der Waals surface area contributed by atoms with Gasteiger partial charge in [0.15, 0.2) is 23.5 Å². The Kier molecular flexibility index (Phi) is 12.1. The van der Waals surface area contributed by atoms with E-state index >= 15 is 0 Å². The van der Waals surface area contributed by atoms with Gasteiger partial charge in [0.05, 0.1) is 26.4 Å². The molecule has 55 heavy (non-hydrogen) atoms. The maximum atomic E-state index is 14.1. The Balaban J connectivity index is 1.29. The van der Waals surface area contributed by atoms with E-state index in [0.717, 1.165) is 12.1 Å². The number of hydrogen-bond donors (Lipinski definition) is 12. The third-order valence-corrected chi connectivity index (χ3v) is 9.48. The number of aromatic hydroxyl groups is 2. The lowest BCUT2D eigenvalue weighted by Gasteiger charge is -2.40. The van der Waals surface area contributed by atoms with Gasteiger partial charge in [-0.2, -0.15) is 0 Å². The molecule has 15 atom stereocenters. The average Bonchev–Trinajstić information content (AvgIpc) is 3.60. The molecule has 1 aromatic heterocycles. The van der Waals surface area contributed by atoms with Crippen LogP contribution in [0.4, 0.5) is 0 Å². The highest BCUT2D eigenvalue weighted by Crippen LogP contribution is 2.41. The summed E-state index contributed by atoms with van der Waals surface area (Å²) in [6, 6.07) is 5.88. The predicted octanol–water partition coefficient (Wildman–Crippen LogP) is -3.91. The lowest BCUT2D eigenvalue weighted by Crippen LogP contribution is -2.59. The van der Waals surface area contributed by atoms with Gasteiger partial charge < -0.3 is 98.9 Å². The summed E-state index contributed by atoms with van der Waals surface area (Å²) in [5, 5.41) is 123. The zero-order valence-electron chi connectivity index (χ0n) is 29.0. The summed E-state index contributed by atoms with van der Waals surface area (Å²) in [6.45, 7) is -0.159. The second-order valence-corrected chi connectivity index (χ2v) is 13.3. The van der Waals surface area contributed by atoms with Crippen LogP contribution in [-0.2, 0) is 18.9 Å². The van der Waals surface area contributed by atoms with E-state index < -0.39 is 128 Å². The van der Waals surface area contributed by atoms with E-state index in [0.29, 0.717) is 0 Å². The molecular weight excluding hydrogens is 744 g/mol. The van der Waals surface area contributed by atoms with E-state index in [2.05, 4.69) is 0 Å². The molecule has 304 valence electrons. The molecule has 0 amide bonds. The van der Waals surface area contributed by atoms with Gasteiger partial charge in [0.1, 0.15) is 89.6 Å². The first-order chi connectivity index (χ1) is 26.1. The molecule has 0 bridgehead atoms. The van der Waals surface area contributed by atoms with Crippen molar-refractivity contribution in [2.45, 2.75) is 99.0 Å². The molecule has 6 rings (SSSR count). The van der Waals surface area contributed by atoms with E-state index in [1.807, 2.05) is 0 Å². The summed E-state index contributed by atoms with van der Waals surface area (Å²) in [7, 11) is 1.25. The Morgan fingerprint density at radius 1 is 0.745 bits per heavy atom. The molecule has 0 saturated carbocycles. The van der Waals surface area contributed by atoms with Gasteiger partial charge in [-0.3, -0.25) is 4.79 Å². The maximum Gasteiger partial charge on any atom is 0.239 e. The Morgan fingerprint density at radius 3 is 2.02 bits per heavy atom. The van der Waals surface area contributed by atoms with Crippen molar-refractivity contribution in [1.29, 1.82) is 0 Å². The minimum absolute atomic E-state index is 0.0458. The van der Waals surface area contributed by atoms with Crippen molar-refractivity contribution in [3.63, 3.8) is 0 Å². The van der Waals surface area contributed by atoms with Crippen molar-refractivity contribution in [2.75, 3.05) is 20.3 Å². The fourth-order valence-electron chi connectivity index (χ4n) is 6.44. The first kappa shape index (κ1) is 40.7. The quantitative estimate of drug-likeness (QED) is 0.0834. The molecule has 0 aliphatic carbocycles. The van der Waals surface area contributed by atoms with Crippen LogP contribution in [0.15, 0.2) is 39.5 Å². The number of fused-ring (bicyclic) bond motifs is 1. The predicted molar refractivity (Wildman–Crippen MR) is 178 cm³/mol. The van der Waals surface area contributed by atoms with Gasteiger partial charge in [-0.05, 0) is 25.1 Å². The molecule has 12 N–H and O–H groups in total. The van der Waals surface area contributed by atoms with Gasteiger partial charge in [0, 0.05) is 17.7 Å². The van der Waals surface area contributed by atoms with Crippen molar-refractivity contribution < 1.29 is 98.9 Å². The molecule has 2 aromatic carbocycles. The third-order valence-electron chi connectivity index (χ3n) is 9.48. The molecule has 3 aliphatic heterocycles. The van der Waals surface area contributed by atoms with Crippen molar-refractivity contribution in [2.24, 2.45) is 0 Å². The molecule has 21 nitrogen and oxygen atoms in total. The molecule has 3 saturated heterocycles. The molecule has 0 unspecified atom stereocenters. The fraction of sp³-hybridized carbons (Fsp3) is 0.559. The van der Waals surface area contributed by atoms with Crippen LogP contribution in [0.5, 0.6) is 28.7 Å². The van der Waals surface area contributed by atoms with Crippen LogP contribution >= 0.6 is 0 Å². The number of rotatable bonds is 12. The average molecular weight is 787 g/mol. The Morgan fingerprint density at radius 2 is 1.38 bits per heavy atom. The Hall–Kier alpha value is -3.91.